The van der Waals surface area contributed by atoms with E-state index < -0.39 is 0 Å². The number of carbonyl (C=O) groups is 1. The minimum Gasteiger partial charge on any atom is -0.440 e. The first kappa shape index (κ1) is 9.86. The molecule has 0 aliphatic rings. The summed E-state index contributed by atoms with van der Waals surface area (Å²) >= 11 is 5.50. The summed E-state index contributed by atoms with van der Waals surface area (Å²) in [6.45, 7) is 5.92. The summed E-state index contributed by atoms with van der Waals surface area (Å²) in [7, 11) is 0. The van der Waals surface area contributed by atoms with Gasteiger partial charge in [-0.05, 0) is 30.7 Å². The van der Waals surface area contributed by atoms with Crippen molar-refractivity contribution in [2.24, 2.45) is 0 Å². The number of furan rings is 1. The van der Waals surface area contributed by atoms with Crippen LogP contribution in [0, 0.1) is 0 Å². The number of carbonyl (C=O) groups excluding carboxylic acids is 1. The summed E-state index contributed by atoms with van der Waals surface area (Å²) in [4.78, 5) is 11.3. The predicted octanol–water partition coefficient (Wildman–Crippen LogP) is 2.24. The van der Waals surface area contributed by atoms with Crippen LogP contribution in [0.2, 0.25) is 5.22 Å². The lowest BCUT2D eigenvalue weighted by molar-refractivity contribution is 0.0929. The zero-order valence-electron chi connectivity index (χ0n) is 7.26. The van der Waals surface area contributed by atoms with E-state index in [9.17, 15) is 4.79 Å². The Morgan fingerprint density at radius 1 is 1.69 bits per heavy atom. The van der Waals surface area contributed by atoms with E-state index in [2.05, 4.69) is 11.9 Å². The lowest BCUT2D eigenvalue weighted by Gasteiger charge is -2.00. The highest BCUT2D eigenvalue weighted by atomic mass is 35.5. The molecule has 0 atom stereocenters. The highest BCUT2D eigenvalue weighted by molar-refractivity contribution is 6.29. The maximum atomic E-state index is 11.3. The standard InChI is InChI=1S/C9H10ClNO2/c1-6(2)5-11-9(12)7-3-4-8(10)13-7/h3-4H,1,5H2,2H3,(H,11,12). The van der Waals surface area contributed by atoms with Gasteiger partial charge in [0, 0.05) is 6.54 Å². The lowest BCUT2D eigenvalue weighted by Crippen LogP contribution is -2.24. The van der Waals surface area contributed by atoms with Crippen LogP contribution in [0.15, 0.2) is 28.7 Å². The van der Waals surface area contributed by atoms with E-state index in [0.29, 0.717) is 6.54 Å². The van der Waals surface area contributed by atoms with Gasteiger partial charge < -0.3 is 9.73 Å². The monoisotopic (exact) mass is 199 g/mol. The van der Waals surface area contributed by atoms with Crippen LogP contribution in [0.1, 0.15) is 17.5 Å². The third-order valence-electron chi connectivity index (χ3n) is 1.35. The number of halogens is 1. The second kappa shape index (κ2) is 4.14. The van der Waals surface area contributed by atoms with E-state index in [0.717, 1.165) is 5.57 Å². The molecule has 0 fully saturated rings. The van der Waals surface area contributed by atoms with Crippen LogP contribution >= 0.6 is 11.6 Å². The highest BCUT2D eigenvalue weighted by Crippen LogP contribution is 2.12. The average Bonchev–Trinajstić information content (AvgIpc) is 2.47. The molecule has 0 radical (unpaired) electrons. The van der Waals surface area contributed by atoms with Gasteiger partial charge in [-0.25, -0.2) is 0 Å². The number of rotatable bonds is 3. The van der Waals surface area contributed by atoms with E-state index in [1.165, 1.54) is 12.1 Å². The summed E-state index contributed by atoms with van der Waals surface area (Å²) in [5.41, 5.74) is 0.881. The molecule has 0 aromatic carbocycles. The Labute approximate surface area is 81.4 Å². The van der Waals surface area contributed by atoms with Gasteiger partial charge in [-0.3, -0.25) is 4.79 Å². The second-order valence-corrected chi connectivity index (χ2v) is 3.12. The van der Waals surface area contributed by atoms with Crippen LogP contribution in [0.5, 0.6) is 0 Å². The fourth-order valence-corrected chi connectivity index (χ4v) is 0.901. The van der Waals surface area contributed by atoms with Gasteiger partial charge in [0.1, 0.15) is 0 Å². The van der Waals surface area contributed by atoms with Crippen molar-refractivity contribution in [2.45, 2.75) is 6.92 Å². The van der Waals surface area contributed by atoms with Gasteiger partial charge in [-0.15, -0.1) is 0 Å². The molecule has 0 spiro atoms. The van der Waals surface area contributed by atoms with Crippen LogP contribution in [-0.4, -0.2) is 12.5 Å². The average molecular weight is 200 g/mol. The Bertz CT molecular complexity index is 330. The minimum atomic E-state index is -0.282. The molecule has 13 heavy (non-hydrogen) atoms. The van der Waals surface area contributed by atoms with Gasteiger partial charge in [0.15, 0.2) is 11.0 Å². The Morgan fingerprint density at radius 2 is 2.38 bits per heavy atom. The Balaban J connectivity index is 2.54. The molecule has 0 bridgehead atoms. The van der Waals surface area contributed by atoms with Crippen LogP contribution in [0.25, 0.3) is 0 Å². The molecule has 1 rings (SSSR count). The normalized spacial score (nSPS) is 9.69. The van der Waals surface area contributed by atoms with E-state index >= 15 is 0 Å². The van der Waals surface area contributed by atoms with E-state index in [1.807, 2.05) is 6.92 Å². The minimum absolute atomic E-state index is 0.209. The summed E-state index contributed by atoms with van der Waals surface area (Å²) in [5.74, 6) is -0.0684. The first-order valence-corrected chi connectivity index (χ1v) is 4.15. The first-order chi connectivity index (χ1) is 6.09. The molecule has 0 saturated heterocycles. The molecule has 70 valence electrons. The van der Waals surface area contributed by atoms with Crippen LogP contribution in [-0.2, 0) is 0 Å². The Morgan fingerprint density at radius 3 is 2.85 bits per heavy atom. The van der Waals surface area contributed by atoms with Crippen molar-refractivity contribution in [3.05, 3.63) is 35.3 Å². The third-order valence-corrected chi connectivity index (χ3v) is 1.55. The van der Waals surface area contributed by atoms with Crippen molar-refractivity contribution in [2.75, 3.05) is 6.54 Å². The number of nitrogens with one attached hydrogen (secondary N) is 1. The Hall–Kier alpha value is -1.22. The second-order valence-electron chi connectivity index (χ2n) is 2.74. The van der Waals surface area contributed by atoms with E-state index in [1.54, 1.807) is 0 Å². The van der Waals surface area contributed by atoms with Crippen molar-refractivity contribution in [3.63, 3.8) is 0 Å². The van der Waals surface area contributed by atoms with Gasteiger partial charge in [-0.1, -0.05) is 12.2 Å². The zero-order valence-corrected chi connectivity index (χ0v) is 8.02. The Kier molecular flexibility index (Phi) is 3.14. The maximum Gasteiger partial charge on any atom is 0.287 e. The van der Waals surface area contributed by atoms with Crippen LogP contribution < -0.4 is 5.32 Å². The molecule has 3 nitrogen and oxygen atoms in total. The molecule has 1 aromatic rings. The molecule has 4 heteroatoms. The molecular formula is C9H10ClNO2. The smallest absolute Gasteiger partial charge is 0.287 e. The fourth-order valence-electron chi connectivity index (χ4n) is 0.755. The van der Waals surface area contributed by atoms with Gasteiger partial charge in [0.05, 0.1) is 0 Å². The molecule has 0 aliphatic heterocycles. The molecular weight excluding hydrogens is 190 g/mol. The van der Waals surface area contributed by atoms with Gasteiger partial charge in [-0.2, -0.15) is 0 Å². The molecule has 1 heterocycles. The van der Waals surface area contributed by atoms with Gasteiger partial charge in [0.25, 0.3) is 5.91 Å². The highest BCUT2D eigenvalue weighted by Gasteiger charge is 2.08. The van der Waals surface area contributed by atoms with E-state index in [4.69, 9.17) is 16.0 Å². The molecule has 0 unspecified atom stereocenters. The topological polar surface area (TPSA) is 42.2 Å². The first-order valence-electron chi connectivity index (χ1n) is 3.77. The zero-order chi connectivity index (χ0) is 9.84. The maximum absolute atomic E-state index is 11.3. The van der Waals surface area contributed by atoms with Gasteiger partial charge in [0.2, 0.25) is 0 Å². The SMILES string of the molecule is C=C(C)CNC(=O)c1ccc(Cl)o1. The van der Waals surface area contributed by atoms with Crippen molar-refractivity contribution in [1.82, 2.24) is 5.32 Å². The molecule has 1 aromatic heterocycles. The molecule has 0 saturated carbocycles. The quantitative estimate of drug-likeness (QED) is 0.759. The lowest BCUT2D eigenvalue weighted by atomic mass is 10.3. The number of hydrogen-bond acceptors (Lipinski definition) is 2. The molecule has 1 amide bonds. The fraction of sp³-hybridized carbons (Fsp3) is 0.222. The van der Waals surface area contributed by atoms with E-state index in [-0.39, 0.29) is 16.9 Å². The number of hydrogen-bond donors (Lipinski definition) is 1. The summed E-state index contributed by atoms with van der Waals surface area (Å²) in [6, 6.07) is 3.05. The van der Waals surface area contributed by atoms with Crippen molar-refractivity contribution < 1.29 is 9.21 Å². The van der Waals surface area contributed by atoms with Crippen molar-refractivity contribution in [1.29, 1.82) is 0 Å². The van der Waals surface area contributed by atoms with Crippen molar-refractivity contribution in [3.8, 4) is 0 Å². The predicted molar refractivity (Wildman–Crippen MR) is 50.9 cm³/mol. The van der Waals surface area contributed by atoms with Crippen molar-refractivity contribution >= 4 is 17.5 Å². The molecule has 1 N–H and O–H groups in total. The number of amides is 1. The largest absolute Gasteiger partial charge is 0.440 e. The van der Waals surface area contributed by atoms with Crippen LogP contribution in [0.4, 0.5) is 0 Å². The van der Waals surface area contributed by atoms with Gasteiger partial charge >= 0.3 is 0 Å². The van der Waals surface area contributed by atoms with Crippen LogP contribution in [0.3, 0.4) is 0 Å². The summed E-state index contributed by atoms with van der Waals surface area (Å²) in [6.07, 6.45) is 0. The molecule has 0 aliphatic carbocycles. The summed E-state index contributed by atoms with van der Waals surface area (Å²) < 4.78 is 4.90. The summed E-state index contributed by atoms with van der Waals surface area (Å²) in [5, 5.41) is 2.83. The third kappa shape index (κ3) is 2.95.